The zero-order chi connectivity index (χ0) is 61.8. The molecule has 12 heteroatoms. The number of carbonyl (C=O) groups excluding carboxylic acids is 4. The average molecular weight is 1180 g/mol. The first-order chi connectivity index (χ1) is 42.8. The van der Waals surface area contributed by atoms with Gasteiger partial charge in [0.1, 0.15) is 49.2 Å². The van der Waals surface area contributed by atoms with E-state index in [1.165, 1.54) is 0 Å². The summed E-state index contributed by atoms with van der Waals surface area (Å²) in [5, 5.41) is 0. The van der Waals surface area contributed by atoms with E-state index in [1.807, 2.05) is 149 Å². The molecule has 450 valence electrons. The summed E-state index contributed by atoms with van der Waals surface area (Å²) in [6.07, 6.45) is 4.09. The summed E-state index contributed by atoms with van der Waals surface area (Å²) in [7, 11) is 0. The molecule has 0 fully saturated rings. The molecule has 0 unspecified atom stereocenters. The summed E-state index contributed by atoms with van der Waals surface area (Å²) < 4.78 is 23.6. The number of hydrogen-bond donors (Lipinski definition) is 4. The molecule has 10 aromatic rings. The Morgan fingerprint density at radius 1 is 0.307 bits per heavy atom. The van der Waals surface area contributed by atoms with Gasteiger partial charge in [-0.1, -0.05) is 198 Å². The number of hydrogen-bond acceptors (Lipinski definition) is 8. The minimum Gasteiger partial charge on any atom is -0.456 e. The van der Waals surface area contributed by atoms with E-state index >= 15 is 0 Å². The summed E-state index contributed by atoms with van der Waals surface area (Å²) in [6.45, 7) is 16.8. The van der Waals surface area contributed by atoms with Crippen LogP contribution in [-0.2, 0) is 83.9 Å². The van der Waals surface area contributed by atoms with Gasteiger partial charge < -0.3 is 38.9 Å². The maximum absolute atomic E-state index is 14.0. The molecule has 0 aliphatic rings. The Morgan fingerprint density at radius 3 is 0.727 bits per heavy atom. The molecular weight excluding hydrogens is 1100 g/mol. The monoisotopic (exact) mass is 1170 g/mol. The van der Waals surface area contributed by atoms with Crippen LogP contribution >= 0.6 is 0 Å². The number of aryl methyl sites for hydroxylation is 2. The molecule has 88 heavy (non-hydrogen) atoms. The number of nitrogens with one attached hydrogen (secondary N) is 4. The molecule has 0 bridgehead atoms. The highest BCUT2D eigenvalue weighted by Crippen LogP contribution is 2.42. The van der Waals surface area contributed by atoms with Gasteiger partial charge >= 0.3 is 23.9 Å². The molecule has 4 N–H and O–H groups in total. The number of aromatic nitrogens is 4. The lowest BCUT2D eigenvalue weighted by atomic mass is 9.85. The maximum Gasteiger partial charge on any atom is 0.355 e. The van der Waals surface area contributed by atoms with E-state index in [-0.39, 0.29) is 26.4 Å². The molecule has 0 atom stereocenters. The van der Waals surface area contributed by atoms with Crippen LogP contribution in [-0.4, -0.2) is 43.8 Å². The highest BCUT2D eigenvalue weighted by atomic mass is 16.5. The zero-order valence-corrected chi connectivity index (χ0v) is 51.7. The van der Waals surface area contributed by atoms with Gasteiger partial charge in [0.25, 0.3) is 0 Å². The van der Waals surface area contributed by atoms with Crippen molar-refractivity contribution >= 4 is 23.9 Å². The Morgan fingerprint density at radius 2 is 0.523 bits per heavy atom. The summed E-state index contributed by atoms with van der Waals surface area (Å²) in [6, 6.07) is 55.9. The normalized spacial score (nSPS) is 11.3. The third kappa shape index (κ3) is 13.5. The highest BCUT2D eigenvalue weighted by Gasteiger charge is 2.34. The number of benzene rings is 6. The van der Waals surface area contributed by atoms with E-state index < -0.39 is 35.7 Å². The predicted molar refractivity (Wildman–Crippen MR) is 344 cm³/mol. The van der Waals surface area contributed by atoms with E-state index in [2.05, 4.69) is 96.2 Å². The van der Waals surface area contributed by atoms with Crippen LogP contribution in [0, 0.1) is 27.7 Å². The lowest BCUT2D eigenvalue weighted by Gasteiger charge is -2.21. The van der Waals surface area contributed by atoms with Crippen LogP contribution < -0.4 is 0 Å². The first-order valence-electron chi connectivity index (χ1n) is 30.7. The number of rotatable bonds is 25. The van der Waals surface area contributed by atoms with Crippen molar-refractivity contribution in [1.29, 1.82) is 0 Å². The van der Waals surface area contributed by atoms with Gasteiger partial charge in [0.15, 0.2) is 0 Å². The van der Waals surface area contributed by atoms with Crippen LogP contribution in [0.25, 0.3) is 0 Å². The minimum absolute atomic E-state index is 0.140. The largest absolute Gasteiger partial charge is 0.456 e. The molecule has 0 spiro atoms. The number of aromatic amines is 4. The Hall–Kier alpha value is -9.68. The first-order valence-corrected chi connectivity index (χ1v) is 30.7. The van der Waals surface area contributed by atoms with Gasteiger partial charge in [0, 0.05) is 22.8 Å². The van der Waals surface area contributed by atoms with Crippen LogP contribution in [0.1, 0.15) is 193 Å². The fourth-order valence-corrected chi connectivity index (χ4v) is 12.4. The topological polar surface area (TPSA) is 168 Å². The van der Waals surface area contributed by atoms with Gasteiger partial charge in [-0.3, -0.25) is 0 Å². The Kier molecular flexibility index (Phi) is 19.7. The van der Waals surface area contributed by atoms with Gasteiger partial charge in [-0.15, -0.1) is 0 Å². The third-order valence-electron chi connectivity index (χ3n) is 17.2. The van der Waals surface area contributed by atoms with Crippen molar-refractivity contribution in [2.24, 2.45) is 0 Å². The Labute approximate surface area is 516 Å². The van der Waals surface area contributed by atoms with Crippen molar-refractivity contribution < 1.29 is 38.1 Å². The van der Waals surface area contributed by atoms with Crippen molar-refractivity contribution in [2.75, 3.05) is 0 Å². The highest BCUT2D eigenvalue weighted by molar-refractivity contribution is 5.92. The summed E-state index contributed by atoms with van der Waals surface area (Å²) >= 11 is 0. The fourth-order valence-electron chi connectivity index (χ4n) is 12.4. The molecule has 12 nitrogen and oxygen atoms in total. The number of H-pyrrole nitrogens is 4. The number of ether oxygens (including phenoxy) is 4. The minimum atomic E-state index is -0.435. The molecule has 0 radical (unpaired) electrons. The van der Waals surface area contributed by atoms with Crippen LogP contribution in [0.15, 0.2) is 170 Å². The van der Waals surface area contributed by atoms with Gasteiger partial charge in [0.05, 0.1) is 11.8 Å². The van der Waals surface area contributed by atoms with Gasteiger partial charge in [0.2, 0.25) is 0 Å². The molecular formula is C76H78N4O8. The van der Waals surface area contributed by atoms with Crippen molar-refractivity contribution in [3.63, 3.8) is 0 Å². The van der Waals surface area contributed by atoms with Crippen LogP contribution in [0.4, 0.5) is 0 Å². The number of esters is 4. The van der Waals surface area contributed by atoms with Crippen LogP contribution in [0.5, 0.6) is 0 Å². The quantitative estimate of drug-likeness (QED) is 0.0324. The van der Waals surface area contributed by atoms with Gasteiger partial charge in [-0.25, -0.2) is 19.2 Å². The molecule has 6 aromatic carbocycles. The molecule has 0 aliphatic heterocycles. The van der Waals surface area contributed by atoms with Crippen molar-refractivity contribution in [3.05, 3.63) is 304 Å². The van der Waals surface area contributed by atoms with E-state index in [9.17, 15) is 19.2 Å². The Balaban J connectivity index is 0.955. The van der Waals surface area contributed by atoms with Crippen LogP contribution in [0.2, 0.25) is 0 Å². The average Bonchev–Trinajstić information content (AvgIpc) is 1.83. The molecule has 0 saturated carbocycles. The lowest BCUT2D eigenvalue weighted by Crippen LogP contribution is -2.11. The number of carbonyl (C=O) groups is 4. The predicted octanol–water partition coefficient (Wildman–Crippen LogP) is 16.1. The second-order valence-corrected chi connectivity index (χ2v) is 22.6. The lowest BCUT2D eigenvalue weighted by molar-refractivity contribution is 0.0456. The SMILES string of the molecule is CCc1c(C(c2ccc(CCc3ccc(C(c4[nH]c(C(=O)OCc5ccccc5)c(C)c4CC)c4[nH]c(C(=O)OCc5ccccc5)c(C)c4CC)cc3)cc2)c2[nH]c(C(=O)OCc3ccccc3)c(C)c2CC)[nH]c(C(=O)OCc2ccccc2)c1C. The summed E-state index contributed by atoms with van der Waals surface area (Å²) in [4.78, 5) is 70.2. The van der Waals surface area contributed by atoms with Gasteiger partial charge in [-0.05, 0) is 155 Å². The van der Waals surface area contributed by atoms with E-state index in [1.54, 1.807) is 0 Å². The summed E-state index contributed by atoms with van der Waals surface area (Å²) in [5.74, 6) is -2.57. The van der Waals surface area contributed by atoms with Crippen molar-refractivity contribution in [3.8, 4) is 0 Å². The van der Waals surface area contributed by atoms with Crippen LogP contribution in [0.3, 0.4) is 0 Å². The van der Waals surface area contributed by atoms with E-state index in [4.69, 9.17) is 18.9 Å². The molecule has 4 heterocycles. The second kappa shape index (κ2) is 28.2. The zero-order valence-electron chi connectivity index (χ0n) is 51.7. The Bertz CT molecular complexity index is 3540. The molecule has 0 amide bonds. The maximum atomic E-state index is 14.0. The standard InChI is InChI=1S/C76H78N4O8/c1-9-59-47(5)65(73(81)85-43-53-25-17-13-18-26-53)77-69(59)63(70-60(10-2)48(6)66(78-70)74(82)86-44-54-27-19-14-20-28-54)57-39-35-51(36-40-57)33-34-52-37-41-58(42-38-52)64(71-61(11-3)49(7)67(79-71)75(83)87-45-55-29-21-15-22-30-55)72-62(12-4)50(8)68(80-72)76(84)88-46-56-31-23-16-24-32-56/h13-32,35-42,63-64,77-80H,9-12,33-34,43-46H2,1-8H3. The van der Waals surface area contributed by atoms with E-state index in [0.29, 0.717) is 48.5 Å². The molecule has 0 saturated heterocycles. The van der Waals surface area contributed by atoms with Crippen molar-refractivity contribution in [2.45, 2.75) is 132 Å². The molecule has 0 aliphatic carbocycles. The molecule has 4 aromatic heterocycles. The fraction of sp³-hybridized carbons (Fsp3) is 0.263. The third-order valence-corrected chi connectivity index (χ3v) is 17.2. The van der Waals surface area contributed by atoms with Crippen molar-refractivity contribution in [1.82, 2.24) is 19.9 Å². The first kappa shape index (κ1) is 61.4. The van der Waals surface area contributed by atoms with E-state index in [0.717, 1.165) is 125 Å². The smallest absolute Gasteiger partial charge is 0.355 e. The molecule has 10 rings (SSSR count). The second-order valence-electron chi connectivity index (χ2n) is 22.6. The van der Waals surface area contributed by atoms with Gasteiger partial charge in [-0.2, -0.15) is 0 Å². The summed E-state index contributed by atoms with van der Waals surface area (Å²) in [5.41, 5.74) is 20.2.